The Morgan fingerprint density at radius 2 is 2.25 bits per heavy atom. The second kappa shape index (κ2) is 4.99. The van der Waals surface area contributed by atoms with E-state index >= 15 is 0 Å². The summed E-state index contributed by atoms with van der Waals surface area (Å²) in [5, 5.41) is 3.38. The molecule has 0 unspecified atom stereocenters. The predicted molar refractivity (Wildman–Crippen MR) is 52.1 cm³/mol. The SMILES string of the molecule is CCCNCc1ccn(CC)c1. The topological polar surface area (TPSA) is 17.0 Å². The largest absolute Gasteiger partial charge is 0.354 e. The Morgan fingerprint density at radius 3 is 2.83 bits per heavy atom. The summed E-state index contributed by atoms with van der Waals surface area (Å²) in [5.74, 6) is 0. The lowest BCUT2D eigenvalue weighted by atomic mass is 10.3. The van der Waals surface area contributed by atoms with Crippen molar-refractivity contribution in [3.8, 4) is 0 Å². The minimum atomic E-state index is 1.00. The zero-order valence-electron chi connectivity index (χ0n) is 8.01. The predicted octanol–water partition coefficient (Wildman–Crippen LogP) is 2.01. The van der Waals surface area contributed by atoms with Crippen molar-refractivity contribution in [3.63, 3.8) is 0 Å². The normalized spacial score (nSPS) is 10.5. The minimum Gasteiger partial charge on any atom is -0.354 e. The Labute approximate surface area is 74.6 Å². The van der Waals surface area contributed by atoms with E-state index in [0.29, 0.717) is 0 Å². The maximum Gasteiger partial charge on any atom is 0.0220 e. The molecule has 0 aliphatic heterocycles. The monoisotopic (exact) mass is 166 g/mol. The van der Waals surface area contributed by atoms with E-state index in [1.165, 1.54) is 12.0 Å². The first-order chi connectivity index (χ1) is 5.86. The summed E-state index contributed by atoms with van der Waals surface area (Å²) in [5.41, 5.74) is 1.38. The van der Waals surface area contributed by atoms with E-state index in [1.54, 1.807) is 0 Å². The van der Waals surface area contributed by atoms with Crippen molar-refractivity contribution < 1.29 is 0 Å². The maximum absolute atomic E-state index is 3.38. The van der Waals surface area contributed by atoms with Gasteiger partial charge in [-0.3, -0.25) is 0 Å². The number of aromatic nitrogens is 1. The number of nitrogens with one attached hydrogen (secondary N) is 1. The zero-order valence-corrected chi connectivity index (χ0v) is 8.01. The molecule has 0 aromatic carbocycles. The molecular weight excluding hydrogens is 148 g/mol. The van der Waals surface area contributed by atoms with Gasteiger partial charge >= 0.3 is 0 Å². The van der Waals surface area contributed by atoms with Gasteiger partial charge in [0.25, 0.3) is 0 Å². The molecule has 0 amide bonds. The first kappa shape index (κ1) is 9.33. The number of rotatable bonds is 5. The second-order valence-electron chi connectivity index (χ2n) is 3.03. The van der Waals surface area contributed by atoms with Crippen molar-refractivity contribution in [3.05, 3.63) is 24.0 Å². The molecule has 0 spiro atoms. The molecule has 12 heavy (non-hydrogen) atoms. The van der Waals surface area contributed by atoms with Crippen LogP contribution in [0.25, 0.3) is 0 Å². The van der Waals surface area contributed by atoms with Gasteiger partial charge in [-0.15, -0.1) is 0 Å². The van der Waals surface area contributed by atoms with Crippen LogP contribution in [-0.4, -0.2) is 11.1 Å². The van der Waals surface area contributed by atoms with Crippen LogP contribution in [0.4, 0.5) is 0 Å². The van der Waals surface area contributed by atoms with Crippen molar-refractivity contribution >= 4 is 0 Å². The van der Waals surface area contributed by atoms with E-state index in [2.05, 4.69) is 42.2 Å². The van der Waals surface area contributed by atoms with E-state index in [9.17, 15) is 0 Å². The van der Waals surface area contributed by atoms with Gasteiger partial charge in [-0.1, -0.05) is 6.92 Å². The number of aryl methyl sites for hydroxylation is 1. The Kier molecular flexibility index (Phi) is 3.88. The van der Waals surface area contributed by atoms with E-state index < -0.39 is 0 Å². The van der Waals surface area contributed by atoms with Crippen molar-refractivity contribution in [2.75, 3.05) is 6.54 Å². The third-order valence-corrected chi connectivity index (χ3v) is 1.93. The minimum absolute atomic E-state index is 1.00. The number of nitrogens with zero attached hydrogens (tertiary/aromatic N) is 1. The quantitative estimate of drug-likeness (QED) is 0.662. The van der Waals surface area contributed by atoms with Crippen LogP contribution in [0.15, 0.2) is 18.5 Å². The molecule has 68 valence electrons. The van der Waals surface area contributed by atoms with Crippen LogP contribution in [0.2, 0.25) is 0 Å². The zero-order chi connectivity index (χ0) is 8.81. The molecule has 2 nitrogen and oxygen atoms in total. The van der Waals surface area contributed by atoms with Crippen molar-refractivity contribution in [1.82, 2.24) is 9.88 Å². The van der Waals surface area contributed by atoms with Crippen LogP contribution in [0.1, 0.15) is 25.8 Å². The van der Waals surface area contributed by atoms with Crippen LogP contribution < -0.4 is 5.32 Å². The summed E-state index contributed by atoms with van der Waals surface area (Å²) in [4.78, 5) is 0. The van der Waals surface area contributed by atoms with Crippen LogP contribution in [-0.2, 0) is 13.1 Å². The lowest BCUT2D eigenvalue weighted by Crippen LogP contribution is -2.13. The summed E-state index contributed by atoms with van der Waals surface area (Å²) >= 11 is 0. The molecule has 0 fully saturated rings. The van der Waals surface area contributed by atoms with Crippen LogP contribution >= 0.6 is 0 Å². The maximum atomic E-state index is 3.38. The molecule has 2 heteroatoms. The molecule has 1 rings (SSSR count). The Bertz CT molecular complexity index is 215. The summed E-state index contributed by atoms with van der Waals surface area (Å²) in [6, 6.07) is 2.17. The van der Waals surface area contributed by atoms with Crippen LogP contribution in [0, 0.1) is 0 Å². The highest BCUT2D eigenvalue weighted by molar-refractivity contribution is 5.09. The summed E-state index contributed by atoms with van der Waals surface area (Å²) < 4.78 is 2.20. The molecular formula is C10H18N2. The summed E-state index contributed by atoms with van der Waals surface area (Å²) in [6.45, 7) is 7.51. The molecule has 1 heterocycles. The molecule has 0 bridgehead atoms. The molecule has 0 aliphatic carbocycles. The average Bonchev–Trinajstić information content (AvgIpc) is 2.53. The van der Waals surface area contributed by atoms with Crippen LogP contribution in [0.3, 0.4) is 0 Å². The highest BCUT2D eigenvalue weighted by Crippen LogP contribution is 2.00. The fourth-order valence-corrected chi connectivity index (χ4v) is 1.20. The number of hydrogen-bond donors (Lipinski definition) is 1. The third-order valence-electron chi connectivity index (χ3n) is 1.93. The smallest absolute Gasteiger partial charge is 0.0220 e. The molecule has 0 saturated carbocycles. The van der Waals surface area contributed by atoms with E-state index in [0.717, 1.165) is 19.6 Å². The molecule has 0 aliphatic rings. The van der Waals surface area contributed by atoms with Gasteiger partial charge in [0.2, 0.25) is 0 Å². The average molecular weight is 166 g/mol. The first-order valence-electron chi connectivity index (χ1n) is 4.72. The van der Waals surface area contributed by atoms with Gasteiger partial charge in [-0.05, 0) is 31.5 Å². The van der Waals surface area contributed by atoms with Gasteiger partial charge < -0.3 is 9.88 Å². The van der Waals surface area contributed by atoms with Crippen LogP contribution in [0.5, 0.6) is 0 Å². The fraction of sp³-hybridized carbons (Fsp3) is 0.600. The van der Waals surface area contributed by atoms with E-state index in [1.807, 2.05) is 0 Å². The lowest BCUT2D eigenvalue weighted by Gasteiger charge is -1.99. The highest BCUT2D eigenvalue weighted by Gasteiger charge is 1.93. The Morgan fingerprint density at radius 1 is 1.42 bits per heavy atom. The molecule has 1 aromatic heterocycles. The van der Waals surface area contributed by atoms with Gasteiger partial charge in [0, 0.05) is 25.5 Å². The molecule has 1 aromatic rings. The van der Waals surface area contributed by atoms with Gasteiger partial charge in [0.1, 0.15) is 0 Å². The molecule has 0 radical (unpaired) electrons. The Hall–Kier alpha value is -0.760. The second-order valence-corrected chi connectivity index (χ2v) is 3.03. The van der Waals surface area contributed by atoms with Crippen molar-refractivity contribution in [2.45, 2.75) is 33.4 Å². The van der Waals surface area contributed by atoms with Gasteiger partial charge in [0.05, 0.1) is 0 Å². The fourth-order valence-electron chi connectivity index (χ4n) is 1.20. The van der Waals surface area contributed by atoms with E-state index in [-0.39, 0.29) is 0 Å². The molecule has 1 N–H and O–H groups in total. The van der Waals surface area contributed by atoms with E-state index in [4.69, 9.17) is 0 Å². The van der Waals surface area contributed by atoms with Crippen molar-refractivity contribution in [2.24, 2.45) is 0 Å². The van der Waals surface area contributed by atoms with Gasteiger partial charge in [0.15, 0.2) is 0 Å². The van der Waals surface area contributed by atoms with Gasteiger partial charge in [-0.2, -0.15) is 0 Å². The van der Waals surface area contributed by atoms with Gasteiger partial charge in [-0.25, -0.2) is 0 Å². The third kappa shape index (κ3) is 2.70. The standard InChI is InChI=1S/C10H18N2/c1-3-6-11-8-10-5-7-12(4-2)9-10/h5,7,9,11H,3-4,6,8H2,1-2H3. The summed E-state index contributed by atoms with van der Waals surface area (Å²) in [6.07, 6.45) is 5.53. The van der Waals surface area contributed by atoms with Crippen molar-refractivity contribution in [1.29, 1.82) is 0 Å². The molecule has 0 atom stereocenters. The number of hydrogen-bond acceptors (Lipinski definition) is 1. The first-order valence-corrected chi connectivity index (χ1v) is 4.72. The Balaban J connectivity index is 2.31. The lowest BCUT2D eigenvalue weighted by molar-refractivity contribution is 0.672. The summed E-state index contributed by atoms with van der Waals surface area (Å²) in [7, 11) is 0. The highest BCUT2D eigenvalue weighted by atomic mass is 14.9. The molecule has 0 saturated heterocycles.